The van der Waals surface area contributed by atoms with Crippen molar-refractivity contribution in [3.05, 3.63) is 36.0 Å². The van der Waals surface area contributed by atoms with E-state index in [-0.39, 0.29) is 0 Å². The van der Waals surface area contributed by atoms with Crippen LogP contribution in [0.1, 0.15) is 46.5 Å². The average molecular weight is 178 g/mol. The molecule has 0 rings (SSSR count). The fraction of sp³-hybridized carbons (Fsp3) is 0.538. The topological polar surface area (TPSA) is 0 Å². The van der Waals surface area contributed by atoms with Gasteiger partial charge in [-0.2, -0.15) is 0 Å². The summed E-state index contributed by atoms with van der Waals surface area (Å²) in [5.74, 6) is 0. The Hall–Kier alpha value is -0.780. The summed E-state index contributed by atoms with van der Waals surface area (Å²) in [6, 6.07) is 0. The van der Waals surface area contributed by atoms with Crippen LogP contribution in [0.15, 0.2) is 36.0 Å². The first-order valence-corrected chi connectivity index (χ1v) is 5.16. The quantitative estimate of drug-likeness (QED) is 0.410. The molecule has 0 aromatic heterocycles. The van der Waals surface area contributed by atoms with Gasteiger partial charge in [-0.15, -0.1) is 0 Å². The first-order valence-electron chi connectivity index (χ1n) is 5.16. The molecule has 0 atom stereocenters. The van der Waals surface area contributed by atoms with Gasteiger partial charge in [0.25, 0.3) is 0 Å². The van der Waals surface area contributed by atoms with Gasteiger partial charge in [0.2, 0.25) is 0 Å². The first kappa shape index (κ1) is 12.2. The fourth-order valence-electron chi connectivity index (χ4n) is 1.11. The van der Waals surface area contributed by atoms with Gasteiger partial charge >= 0.3 is 0 Å². The maximum Gasteiger partial charge on any atom is -0.0320 e. The molecule has 0 heterocycles. The average Bonchev–Trinajstić information content (AvgIpc) is 2.04. The zero-order valence-corrected chi connectivity index (χ0v) is 9.27. The van der Waals surface area contributed by atoms with E-state index in [9.17, 15) is 0 Å². The van der Waals surface area contributed by atoms with Crippen LogP contribution < -0.4 is 0 Å². The van der Waals surface area contributed by atoms with Crippen molar-refractivity contribution in [3.63, 3.8) is 0 Å². The molecule has 0 aromatic rings. The standard InChI is InChI=1S/C13H22/c1-5-6-7-10-13(4)11-8-9-12(2)3/h8-9,11H,2,5-7,10H2,1,3-4H3. The Morgan fingerprint density at radius 3 is 2.46 bits per heavy atom. The van der Waals surface area contributed by atoms with Crippen molar-refractivity contribution in [2.45, 2.75) is 46.5 Å². The normalized spacial score (nSPS) is 12.4. The minimum atomic E-state index is 1.11. The van der Waals surface area contributed by atoms with Gasteiger partial charge in [0, 0.05) is 0 Å². The summed E-state index contributed by atoms with van der Waals surface area (Å²) in [4.78, 5) is 0. The molecule has 0 unspecified atom stereocenters. The van der Waals surface area contributed by atoms with E-state index in [2.05, 4.69) is 32.6 Å². The maximum absolute atomic E-state index is 3.81. The third-order valence-corrected chi connectivity index (χ3v) is 1.94. The van der Waals surface area contributed by atoms with Gasteiger partial charge in [-0.1, -0.05) is 55.7 Å². The van der Waals surface area contributed by atoms with E-state index in [4.69, 9.17) is 0 Å². The molecule has 0 bridgehead atoms. The second kappa shape index (κ2) is 7.85. The zero-order chi connectivity index (χ0) is 10.1. The molecule has 0 saturated carbocycles. The van der Waals surface area contributed by atoms with Crippen molar-refractivity contribution in [3.8, 4) is 0 Å². The Kier molecular flexibility index (Phi) is 7.38. The van der Waals surface area contributed by atoms with Crippen LogP contribution in [0.25, 0.3) is 0 Å². The van der Waals surface area contributed by atoms with Crippen LogP contribution in [0.5, 0.6) is 0 Å². The molecule has 0 amide bonds. The second-order valence-electron chi connectivity index (χ2n) is 3.68. The van der Waals surface area contributed by atoms with E-state index < -0.39 is 0 Å². The van der Waals surface area contributed by atoms with E-state index in [1.807, 2.05) is 13.0 Å². The van der Waals surface area contributed by atoms with Crippen LogP contribution in [0.4, 0.5) is 0 Å². The van der Waals surface area contributed by atoms with Crippen LogP contribution in [0.3, 0.4) is 0 Å². The smallest absolute Gasteiger partial charge is 0.0320 e. The molecule has 0 spiro atoms. The number of hydrogen-bond donors (Lipinski definition) is 0. The Morgan fingerprint density at radius 1 is 1.23 bits per heavy atom. The van der Waals surface area contributed by atoms with Gasteiger partial charge < -0.3 is 0 Å². The summed E-state index contributed by atoms with van der Waals surface area (Å²) in [5.41, 5.74) is 2.57. The number of allylic oxidation sites excluding steroid dienone is 5. The van der Waals surface area contributed by atoms with Crippen molar-refractivity contribution in [1.82, 2.24) is 0 Å². The van der Waals surface area contributed by atoms with E-state index in [1.54, 1.807) is 0 Å². The van der Waals surface area contributed by atoms with Gasteiger partial charge in [0.1, 0.15) is 0 Å². The summed E-state index contributed by atoms with van der Waals surface area (Å²) < 4.78 is 0. The van der Waals surface area contributed by atoms with Crippen molar-refractivity contribution in [2.24, 2.45) is 0 Å². The molecule has 0 N–H and O–H groups in total. The van der Waals surface area contributed by atoms with Gasteiger partial charge in [-0.3, -0.25) is 0 Å². The highest BCUT2D eigenvalue weighted by Crippen LogP contribution is 2.08. The van der Waals surface area contributed by atoms with E-state index in [0.29, 0.717) is 0 Å². The molecule has 13 heavy (non-hydrogen) atoms. The lowest BCUT2D eigenvalue weighted by molar-refractivity contribution is 0.713. The number of unbranched alkanes of at least 4 members (excludes halogenated alkanes) is 2. The highest BCUT2D eigenvalue weighted by atomic mass is 13.9. The first-order chi connectivity index (χ1) is 6.16. The van der Waals surface area contributed by atoms with E-state index >= 15 is 0 Å². The van der Waals surface area contributed by atoms with Crippen molar-refractivity contribution in [2.75, 3.05) is 0 Å². The Balaban J connectivity index is 3.68. The predicted octanol–water partition coefficient (Wildman–Crippen LogP) is 4.65. The van der Waals surface area contributed by atoms with Crippen LogP contribution >= 0.6 is 0 Å². The molecule has 74 valence electrons. The van der Waals surface area contributed by atoms with Crippen LogP contribution in [0, 0.1) is 0 Å². The summed E-state index contributed by atoms with van der Waals surface area (Å²) in [6.45, 7) is 10.3. The molecule has 0 aliphatic carbocycles. The molecular weight excluding hydrogens is 156 g/mol. The van der Waals surface area contributed by atoms with Crippen molar-refractivity contribution < 1.29 is 0 Å². The van der Waals surface area contributed by atoms with Crippen molar-refractivity contribution >= 4 is 0 Å². The Morgan fingerprint density at radius 2 is 1.92 bits per heavy atom. The number of hydrogen-bond acceptors (Lipinski definition) is 0. The second-order valence-corrected chi connectivity index (χ2v) is 3.68. The van der Waals surface area contributed by atoms with Crippen LogP contribution in [-0.2, 0) is 0 Å². The SMILES string of the molecule is C=C(C)C=CC=C(C)CCCCC. The van der Waals surface area contributed by atoms with Gasteiger partial charge in [-0.05, 0) is 26.7 Å². The molecule has 0 aliphatic heterocycles. The molecule has 0 fully saturated rings. The Bertz CT molecular complexity index is 194. The Labute approximate surface area is 83.0 Å². The molecule has 0 radical (unpaired) electrons. The minimum absolute atomic E-state index is 1.11. The molecule has 0 aromatic carbocycles. The minimum Gasteiger partial charge on any atom is -0.0961 e. The van der Waals surface area contributed by atoms with E-state index in [1.165, 1.54) is 31.3 Å². The largest absolute Gasteiger partial charge is 0.0961 e. The summed E-state index contributed by atoms with van der Waals surface area (Å²) >= 11 is 0. The van der Waals surface area contributed by atoms with Crippen LogP contribution in [-0.4, -0.2) is 0 Å². The summed E-state index contributed by atoms with van der Waals surface area (Å²) in [5, 5.41) is 0. The summed E-state index contributed by atoms with van der Waals surface area (Å²) in [6.07, 6.45) is 11.5. The third kappa shape index (κ3) is 9.13. The fourth-order valence-corrected chi connectivity index (χ4v) is 1.11. The molecule has 0 saturated heterocycles. The monoisotopic (exact) mass is 178 g/mol. The zero-order valence-electron chi connectivity index (χ0n) is 9.27. The highest BCUT2D eigenvalue weighted by Gasteiger charge is 1.87. The molecule has 0 nitrogen and oxygen atoms in total. The predicted molar refractivity (Wildman–Crippen MR) is 61.9 cm³/mol. The van der Waals surface area contributed by atoms with Gasteiger partial charge in [-0.25, -0.2) is 0 Å². The lowest BCUT2D eigenvalue weighted by Gasteiger charge is -1.97. The molecule has 0 heteroatoms. The third-order valence-electron chi connectivity index (χ3n) is 1.94. The highest BCUT2D eigenvalue weighted by molar-refractivity contribution is 5.19. The van der Waals surface area contributed by atoms with Gasteiger partial charge in [0.15, 0.2) is 0 Å². The lowest BCUT2D eigenvalue weighted by Crippen LogP contribution is -1.77. The molecule has 0 aliphatic rings. The van der Waals surface area contributed by atoms with Crippen LogP contribution in [0.2, 0.25) is 0 Å². The van der Waals surface area contributed by atoms with E-state index in [0.717, 1.165) is 5.57 Å². The van der Waals surface area contributed by atoms with Gasteiger partial charge in [0.05, 0.1) is 0 Å². The lowest BCUT2D eigenvalue weighted by atomic mass is 10.1. The number of rotatable bonds is 6. The maximum atomic E-state index is 3.81. The molecular formula is C13H22. The van der Waals surface area contributed by atoms with Crippen molar-refractivity contribution in [1.29, 1.82) is 0 Å². The summed E-state index contributed by atoms with van der Waals surface area (Å²) in [7, 11) is 0.